The van der Waals surface area contributed by atoms with Crippen molar-refractivity contribution < 1.29 is 18.7 Å². The molecular formula is C24H27FN2O3. The Morgan fingerprint density at radius 2 is 1.73 bits per heavy atom. The van der Waals surface area contributed by atoms with E-state index < -0.39 is 0 Å². The van der Waals surface area contributed by atoms with E-state index in [1.54, 1.807) is 17.0 Å². The van der Waals surface area contributed by atoms with Gasteiger partial charge in [-0.3, -0.25) is 9.59 Å². The van der Waals surface area contributed by atoms with Crippen LogP contribution in [0.15, 0.2) is 54.6 Å². The van der Waals surface area contributed by atoms with E-state index in [1.165, 1.54) is 17.7 Å². The topological polar surface area (TPSA) is 49.9 Å². The summed E-state index contributed by atoms with van der Waals surface area (Å²) in [6, 6.07) is 16.0. The van der Waals surface area contributed by atoms with Crippen molar-refractivity contribution in [3.05, 3.63) is 66.0 Å². The van der Waals surface area contributed by atoms with Crippen molar-refractivity contribution >= 4 is 17.5 Å². The molecule has 2 fully saturated rings. The Kier molecular flexibility index (Phi) is 6.43. The summed E-state index contributed by atoms with van der Waals surface area (Å²) in [7, 11) is 0. The van der Waals surface area contributed by atoms with Gasteiger partial charge in [0, 0.05) is 38.3 Å². The van der Waals surface area contributed by atoms with Crippen molar-refractivity contribution in [1.29, 1.82) is 0 Å². The number of carbonyl (C=O) groups is 2. The highest BCUT2D eigenvalue weighted by Gasteiger charge is 2.38. The van der Waals surface area contributed by atoms with Crippen LogP contribution in [0.4, 0.5) is 10.1 Å². The van der Waals surface area contributed by atoms with E-state index in [4.69, 9.17) is 4.74 Å². The molecule has 2 aromatic carbocycles. The monoisotopic (exact) mass is 410 g/mol. The van der Waals surface area contributed by atoms with Crippen molar-refractivity contribution in [3.8, 4) is 0 Å². The Bertz CT molecular complexity index is 864. The number of ether oxygens (including phenoxy) is 1. The summed E-state index contributed by atoms with van der Waals surface area (Å²) in [5.41, 5.74) is 1.81. The van der Waals surface area contributed by atoms with E-state index in [1.807, 2.05) is 23.1 Å². The second-order valence-electron chi connectivity index (χ2n) is 8.15. The molecule has 30 heavy (non-hydrogen) atoms. The van der Waals surface area contributed by atoms with Gasteiger partial charge in [-0.05, 0) is 48.6 Å². The highest BCUT2D eigenvalue weighted by molar-refractivity contribution is 6.00. The maximum absolute atomic E-state index is 13.1. The van der Waals surface area contributed by atoms with Gasteiger partial charge in [0.2, 0.25) is 11.8 Å². The molecule has 1 atom stereocenters. The molecule has 0 N–H and O–H groups in total. The number of hydrogen-bond donors (Lipinski definition) is 0. The summed E-state index contributed by atoms with van der Waals surface area (Å²) in [6.07, 6.45) is 2.06. The van der Waals surface area contributed by atoms with E-state index in [0.29, 0.717) is 44.5 Å². The number of anilines is 1. The average Bonchev–Trinajstić information content (AvgIpc) is 3.17. The van der Waals surface area contributed by atoms with Gasteiger partial charge in [0.1, 0.15) is 5.82 Å². The highest BCUT2D eigenvalue weighted by atomic mass is 19.1. The molecule has 0 saturated carbocycles. The van der Waals surface area contributed by atoms with Gasteiger partial charge in [0.05, 0.1) is 12.5 Å². The number of amides is 2. The predicted molar refractivity (Wildman–Crippen MR) is 112 cm³/mol. The van der Waals surface area contributed by atoms with E-state index in [-0.39, 0.29) is 30.0 Å². The molecule has 0 spiro atoms. The first-order valence-electron chi connectivity index (χ1n) is 10.6. The van der Waals surface area contributed by atoms with Gasteiger partial charge in [-0.2, -0.15) is 0 Å². The Morgan fingerprint density at radius 1 is 1.03 bits per heavy atom. The number of hydrogen-bond acceptors (Lipinski definition) is 3. The molecule has 6 heteroatoms. The lowest BCUT2D eigenvalue weighted by Gasteiger charge is -2.33. The number of nitrogens with zero attached hydrogens (tertiary/aromatic N) is 2. The summed E-state index contributed by atoms with van der Waals surface area (Å²) in [6.45, 7) is 3.10. The number of carbonyl (C=O) groups excluding carboxylic acids is 2. The van der Waals surface area contributed by atoms with Crippen LogP contribution in [0.2, 0.25) is 0 Å². The van der Waals surface area contributed by atoms with Gasteiger partial charge in [-0.1, -0.05) is 30.3 Å². The van der Waals surface area contributed by atoms with Crippen molar-refractivity contribution in [2.45, 2.75) is 25.9 Å². The van der Waals surface area contributed by atoms with Gasteiger partial charge in [0.15, 0.2) is 0 Å². The number of benzene rings is 2. The lowest BCUT2D eigenvalue weighted by molar-refractivity contribution is -0.137. The van der Waals surface area contributed by atoms with Crippen LogP contribution in [0.1, 0.15) is 24.8 Å². The molecule has 0 aromatic heterocycles. The lowest BCUT2D eigenvalue weighted by atomic mass is 9.96. The first kappa shape index (κ1) is 20.5. The minimum absolute atomic E-state index is 0.0524. The van der Waals surface area contributed by atoms with E-state index in [9.17, 15) is 14.0 Å². The zero-order valence-electron chi connectivity index (χ0n) is 17.0. The fourth-order valence-electron chi connectivity index (χ4n) is 4.24. The fourth-order valence-corrected chi connectivity index (χ4v) is 4.24. The summed E-state index contributed by atoms with van der Waals surface area (Å²) in [4.78, 5) is 28.8. The zero-order valence-corrected chi connectivity index (χ0v) is 17.0. The molecule has 2 heterocycles. The molecule has 4 rings (SSSR count). The van der Waals surface area contributed by atoms with Crippen LogP contribution in [-0.4, -0.2) is 43.0 Å². The molecule has 2 amide bonds. The van der Waals surface area contributed by atoms with E-state index in [2.05, 4.69) is 12.1 Å². The summed E-state index contributed by atoms with van der Waals surface area (Å²) >= 11 is 0. The van der Waals surface area contributed by atoms with E-state index >= 15 is 0 Å². The lowest BCUT2D eigenvalue weighted by Crippen LogP contribution is -2.43. The predicted octanol–water partition coefficient (Wildman–Crippen LogP) is 3.63. The molecule has 2 aliphatic heterocycles. The molecule has 2 saturated heterocycles. The van der Waals surface area contributed by atoms with Crippen LogP contribution >= 0.6 is 0 Å². The summed E-state index contributed by atoms with van der Waals surface area (Å²) in [5, 5.41) is 0. The van der Waals surface area contributed by atoms with Crippen LogP contribution < -0.4 is 4.90 Å². The maximum atomic E-state index is 13.1. The summed E-state index contributed by atoms with van der Waals surface area (Å²) in [5.74, 6) is -0.235. The van der Waals surface area contributed by atoms with Crippen LogP contribution in [0.3, 0.4) is 0 Å². The van der Waals surface area contributed by atoms with Gasteiger partial charge in [-0.15, -0.1) is 0 Å². The second kappa shape index (κ2) is 9.39. The van der Waals surface area contributed by atoms with Gasteiger partial charge < -0.3 is 14.5 Å². The zero-order chi connectivity index (χ0) is 20.9. The van der Waals surface area contributed by atoms with Gasteiger partial charge >= 0.3 is 0 Å². The molecule has 158 valence electrons. The third-order valence-corrected chi connectivity index (χ3v) is 6.00. The molecule has 0 unspecified atom stereocenters. The quantitative estimate of drug-likeness (QED) is 0.731. The first-order chi connectivity index (χ1) is 14.6. The van der Waals surface area contributed by atoms with Crippen molar-refractivity contribution in [3.63, 3.8) is 0 Å². The SMILES string of the molecule is O=C([C@@H]1CC(=O)N(c2ccc(F)cc2)C1)N1CCC(COCc2ccccc2)CC1. The normalized spacial score (nSPS) is 20.0. The number of halogens is 1. The maximum Gasteiger partial charge on any atom is 0.228 e. The Labute approximate surface area is 176 Å². The fraction of sp³-hybridized carbons (Fsp3) is 0.417. The van der Waals surface area contributed by atoms with Crippen molar-refractivity contribution in [2.75, 3.05) is 31.1 Å². The molecule has 0 radical (unpaired) electrons. The molecule has 2 aliphatic rings. The van der Waals surface area contributed by atoms with Crippen LogP contribution in [-0.2, 0) is 20.9 Å². The summed E-state index contributed by atoms with van der Waals surface area (Å²) < 4.78 is 19.0. The minimum Gasteiger partial charge on any atom is -0.376 e. The number of likely N-dealkylation sites (tertiary alicyclic amines) is 1. The molecule has 2 aromatic rings. The smallest absolute Gasteiger partial charge is 0.228 e. The third kappa shape index (κ3) is 4.87. The molecular weight excluding hydrogens is 383 g/mol. The Hall–Kier alpha value is -2.73. The number of piperidine rings is 1. The minimum atomic E-state index is -0.339. The van der Waals surface area contributed by atoms with Crippen LogP contribution in [0.5, 0.6) is 0 Å². The highest BCUT2D eigenvalue weighted by Crippen LogP contribution is 2.28. The van der Waals surface area contributed by atoms with Gasteiger partial charge in [0.25, 0.3) is 0 Å². The van der Waals surface area contributed by atoms with E-state index in [0.717, 1.165) is 12.8 Å². The largest absolute Gasteiger partial charge is 0.376 e. The Balaban J connectivity index is 1.23. The molecule has 0 aliphatic carbocycles. The molecule has 5 nitrogen and oxygen atoms in total. The van der Waals surface area contributed by atoms with Crippen LogP contribution in [0, 0.1) is 17.7 Å². The average molecular weight is 410 g/mol. The second-order valence-corrected chi connectivity index (χ2v) is 8.15. The Morgan fingerprint density at radius 3 is 2.43 bits per heavy atom. The molecule has 0 bridgehead atoms. The number of rotatable bonds is 6. The van der Waals surface area contributed by atoms with Crippen molar-refractivity contribution in [1.82, 2.24) is 4.90 Å². The first-order valence-corrected chi connectivity index (χ1v) is 10.6. The van der Waals surface area contributed by atoms with Crippen molar-refractivity contribution in [2.24, 2.45) is 11.8 Å². The standard InChI is InChI=1S/C24H27FN2O3/c25-21-6-8-22(9-7-21)27-15-20(14-23(27)28)24(29)26-12-10-19(11-13-26)17-30-16-18-4-2-1-3-5-18/h1-9,19-20H,10-17H2/t20-/m1/s1. The third-order valence-electron chi connectivity index (χ3n) is 6.00. The van der Waals surface area contributed by atoms with Gasteiger partial charge in [-0.25, -0.2) is 4.39 Å². The van der Waals surface area contributed by atoms with Crippen LogP contribution in [0.25, 0.3) is 0 Å².